The van der Waals surface area contributed by atoms with Gasteiger partial charge in [-0.2, -0.15) is 6.07 Å². The molecule has 0 aliphatic heterocycles. The number of hydrogen-bond donors (Lipinski definition) is 0. The fourth-order valence-electron chi connectivity index (χ4n) is 6.24. The van der Waals surface area contributed by atoms with Gasteiger partial charge in [0.1, 0.15) is 0 Å². The molecule has 3 aromatic carbocycles. The molecular formula is C30H32IrN2. The monoisotopic (exact) mass is 613 g/mol. The maximum Gasteiger partial charge on any atom is 0.189 e. The van der Waals surface area contributed by atoms with Gasteiger partial charge in [0.2, 0.25) is 0 Å². The first-order chi connectivity index (χ1) is 15.3. The SMILES string of the molecule is Cn1[cH+]n(-c2[c-]cc3c(c2)C(C)(C)c2ccccc2C3(C)C)c2cc3c(cc21)CCCC3.[Ir]. The minimum atomic E-state index is -0.0460. The van der Waals surface area contributed by atoms with Crippen LogP contribution in [0.15, 0.2) is 54.9 Å². The Bertz CT molecular complexity index is 1390. The maximum atomic E-state index is 3.67. The van der Waals surface area contributed by atoms with Gasteiger partial charge in [0.25, 0.3) is 0 Å². The Hall–Kier alpha value is -2.22. The Kier molecular flexibility index (Phi) is 5.23. The quantitative estimate of drug-likeness (QED) is 0.207. The van der Waals surface area contributed by atoms with Crippen LogP contribution in [0.5, 0.6) is 0 Å². The number of imidazole rings is 1. The van der Waals surface area contributed by atoms with Crippen molar-refractivity contribution < 1.29 is 20.1 Å². The number of aromatic nitrogens is 2. The van der Waals surface area contributed by atoms with Crippen molar-refractivity contribution in [1.82, 2.24) is 9.13 Å². The molecule has 0 N–H and O–H groups in total. The van der Waals surface area contributed by atoms with E-state index in [2.05, 4.69) is 105 Å². The predicted molar refractivity (Wildman–Crippen MR) is 133 cm³/mol. The molecule has 0 atom stereocenters. The fraction of sp³-hybridized carbons (Fsp3) is 0.367. The average Bonchev–Trinajstić information content (AvgIpc) is 3.12. The van der Waals surface area contributed by atoms with Gasteiger partial charge in [-0.1, -0.05) is 58.0 Å². The minimum Gasteiger partial charge on any atom is -0.248 e. The topological polar surface area (TPSA) is 9.86 Å². The molecule has 0 spiro atoms. The predicted octanol–water partition coefficient (Wildman–Crippen LogP) is 6.89. The molecule has 2 aliphatic carbocycles. The Morgan fingerprint density at radius 1 is 0.788 bits per heavy atom. The van der Waals surface area contributed by atoms with E-state index in [9.17, 15) is 0 Å². The Balaban J connectivity index is 0.00000228. The number of aryl methyl sites for hydroxylation is 3. The van der Waals surface area contributed by atoms with E-state index in [1.165, 1.54) is 70.1 Å². The van der Waals surface area contributed by atoms with Crippen LogP contribution in [-0.2, 0) is 50.8 Å². The molecule has 171 valence electrons. The van der Waals surface area contributed by atoms with Crippen LogP contribution in [0.1, 0.15) is 73.9 Å². The first-order valence-electron chi connectivity index (χ1n) is 12.0. The van der Waals surface area contributed by atoms with Crippen molar-refractivity contribution in [1.29, 1.82) is 0 Å². The zero-order chi connectivity index (χ0) is 22.3. The molecule has 33 heavy (non-hydrogen) atoms. The van der Waals surface area contributed by atoms with Crippen molar-refractivity contribution >= 4 is 11.0 Å². The third-order valence-corrected chi connectivity index (χ3v) is 8.18. The Morgan fingerprint density at radius 2 is 1.36 bits per heavy atom. The fourth-order valence-corrected chi connectivity index (χ4v) is 6.24. The van der Waals surface area contributed by atoms with E-state index in [1.54, 1.807) is 0 Å². The number of nitrogens with zero attached hydrogens (tertiary/aromatic N) is 2. The first kappa shape index (κ1) is 22.6. The number of fused-ring (bicyclic) bond motifs is 4. The summed E-state index contributed by atoms with van der Waals surface area (Å²) in [7, 11) is 2.16. The van der Waals surface area contributed by atoms with Gasteiger partial charge in [0, 0.05) is 45.0 Å². The van der Waals surface area contributed by atoms with Gasteiger partial charge >= 0.3 is 0 Å². The van der Waals surface area contributed by atoms with Crippen molar-refractivity contribution in [3.8, 4) is 5.69 Å². The zero-order valence-electron chi connectivity index (χ0n) is 20.3. The van der Waals surface area contributed by atoms with Gasteiger partial charge in [0.05, 0.1) is 0 Å². The average molecular weight is 613 g/mol. The van der Waals surface area contributed by atoms with E-state index in [0.717, 1.165) is 5.69 Å². The number of rotatable bonds is 1. The molecule has 2 aliphatic rings. The van der Waals surface area contributed by atoms with Crippen LogP contribution in [0.25, 0.3) is 16.7 Å². The second-order valence-corrected chi connectivity index (χ2v) is 10.9. The molecule has 0 amide bonds. The van der Waals surface area contributed by atoms with Gasteiger partial charge in [0.15, 0.2) is 17.4 Å². The summed E-state index contributed by atoms with van der Waals surface area (Å²) in [5.41, 5.74) is 12.4. The molecule has 2 nitrogen and oxygen atoms in total. The summed E-state index contributed by atoms with van der Waals surface area (Å²) in [6.07, 6.45) is 7.26. The first-order valence-corrected chi connectivity index (χ1v) is 12.0. The molecule has 0 saturated carbocycles. The van der Waals surface area contributed by atoms with Crippen LogP contribution < -0.4 is 0 Å². The standard InChI is InChI=1S/C30H32N2.Ir/c1-29(2)23-12-8-9-13-24(23)30(3,4)26-18-22(14-15-25(26)29)32-19-31(5)27-16-20-10-6-7-11-21(20)17-28(27)32;/h8-9,12-13,15-19H,6-7,10-11H2,1-5H3;. The Morgan fingerprint density at radius 3 is 2.00 bits per heavy atom. The summed E-state index contributed by atoms with van der Waals surface area (Å²) in [6, 6.07) is 22.1. The Labute approximate surface area is 211 Å². The summed E-state index contributed by atoms with van der Waals surface area (Å²) in [4.78, 5) is 0. The third-order valence-electron chi connectivity index (χ3n) is 8.18. The van der Waals surface area contributed by atoms with Gasteiger partial charge in [-0.05, 0) is 58.8 Å². The molecular weight excluding hydrogens is 581 g/mol. The van der Waals surface area contributed by atoms with E-state index in [-0.39, 0.29) is 30.9 Å². The maximum absolute atomic E-state index is 3.67. The van der Waals surface area contributed by atoms with Crippen LogP contribution in [0, 0.1) is 6.07 Å². The van der Waals surface area contributed by atoms with Gasteiger partial charge in [-0.15, -0.1) is 17.2 Å². The second kappa shape index (κ2) is 7.65. The molecule has 6 rings (SSSR count). The second-order valence-electron chi connectivity index (χ2n) is 10.9. The van der Waals surface area contributed by atoms with E-state index in [4.69, 9.17) is 0 Å². The van der Waals surface area contributed by atoms with Crippen LogP contribution in [0.4, 0.5) is 0 Å². The van der Waals surface area contributed by atoms with Crippen molar-refractivity contribution in [3.05, 3.63) is 94.3 Å². The number of benzene rings is 3. The zero-order valence-corrected chi connectivity index (χ0v) is 22.6. The van der Waals surface area contributed by atoms with Crippen LogP contribution in [0.2, 0.25) is 0 Å². The molecule has 1 radical (unpaired) electrons. The summed E-state index contributed by atoms with van der Waals surface area (Å²) in [6.45, 7) is 9.44. The minimum absolute atomic E-state index is 0. The molecule has 0 bridgehead atoms. The molecule has 0 saturated heterocycles. The van der Waals surface area contributed by atoms with Crippen LogP contribution in [0.3, 0.4) is 0 Å². The largest absolute Gasteiger partial charge is 0.248 e. The normalized spacial score (nSPS) is 17.6. The third kappa shape index (κ3) is 3.20. The molecule has 0 fully saturated rings. The smallest absolute Gasteiger partial charge is 0.189 e. The van der Waals surface area contributed by atoms with Crippen LogP contribution in [-0.4, -0.2) is 9.13 Å². The summed E-state index contributed by atoms with van der Waals surface area (Å²) in [5, 5.41) is 0. The van der Waals surface area contributed by atoms with Gasteiger partial charge < -0.3 is 0 Å². The van der Waals surface area contributed by atoms with Gasteiger partial charge in [-0.25, -0.2) is 9.13 Å². The van der Waals surface area contributed by atoms with Crippen molar-refractivity contribution in [2.24, 2.45) is 7.05 Å². The van der Waals surface area contributed by atoms with Gasteiger partial charge in [-0.3, -0.25) is 0 Å². The van der Waals surface area contributed by atoms with Crippen molar-refractivity contribution in [2.45, 2.75) is 64.2 Å². The molecule has 3 heteroatoms. The van der Waals surface area contributed by atoms with E-state index < -0.39 is 0 Å². The molecule has 0 unspecified atom stereocenters. The molecule has 1 heterocycles. The van der Waals surface area contributed by atoms with E-state index in [0.29, 0.717) is 0 Å². The van der Waals surface area contributed by atoms with Crippen molar-refractivity contribution in [3.63, 3.8) is 0 Å². The van der Waals surface area contributed by atoms with Crippen molar-refractivity contribution in [2.75, 3.05) is 0 Å². The molecule has 1 aromatic heterocycles. The van der Waals surface area contributed by atoms with Crippen LogP contribution >= 0.6 is 0 Å². The van der Waals surface area contributed by atoms with E-state index >= 15 is 0 Å². The van der Waals surface area contributed by atoms with E-state index in [1.807, 2.05) is 0 Å². The number of hydrogen-bond acceptors (Lipinski definition) is 0. The summed E-state index contributed by atoms with van der Waals surface area (Å²) < 4.78 is 4.61. The molecule has 4 aromatic rings. The summed E-state index contributed by atoms with van der Waals surface area (Å²) in [5.74, 6) is 0. The summed E-state index contributed by atoms with van der Waals surface area (Å²) >= 11 is 0.